The Hall–Kier alpha value is -2.08. The largest absolute Gasteiger partial charge is 0.493 e. The van der Waals surface area contributed by atoms with E-state index in [1.54, 1.807) is 42.6 Å². The molecule has 2 aromatic rings. The van der Waals surface area contributed by atoms with Gasteiger partial charge in [0.15, 0.2) is 17.3 Å². The third-order valence-corrected chi connectivity index (χ3v) is 4.18. The van der Waals surface area contributed by atoms with Crippen LogP contribution < -0.4 is 9.47 Å². The number of rotatable bonds is 8. The average molecular weight is 396 g/mol. The molecule has 0 saturated heterocycles. The molecule has 0 fully saturated rings. The van der Waals surface area contributed by atoms with E-state index >= 15 is 0 Å². The summed E-state index contributed by atoms with van der Waals surface area (Å²) in [5.41, 5.74) is 1.42. The fraction of sp³-hybridized carbons (Fsp3) is 0.263. The number of carbonyl (C=O) groups is 1. The number of hydrogen-bond donors (Lipinski definition) is 0. The zero-order chi connectivity index (χ0) is 19.1. The highest BCUT2D eigenvalue weighted by atomic mass is 35.5. The van der Waals surface area contributed by atoms with E-state index in [1.807, 2.05) is 0 Å². The van der Waals surface area contributed by atoms with Crippen molar-refractivity contribution >= 4 is 35.2 Å². The molecule has 2 aromatic carbocycles. The summed E-state index contributed by atoms with van der Waals surface area (Å²) in [6, 6.07) is 10.4. The van der Waals surface area contributed by atoms with Crippen molar-refractivity contribution in [1.29, 1.82) is 0 Å². The first kappa shape index (κ1) is 20.2. The van der Waals surface area contributed by atoms with Crippen LogP contribution in [0.25, 0.3) is 0 Å². The molecule has 7 heteroatoms. The summed E-state index contributed by atoms with van der Waals surface area (Å²) in [6.07, 6.45) is 0.860. The lowest BCUT2D eigenvalue weighted by Gasteiger charge is -2.13. The molecule has 1 atom stereocenters. The van der Waals surface area contributed by atoms with Gasteiger partial charge in [0.05, 0.1) is 19.2 Å². The van der Waals surface area contributed by atoms with Crippen molar-refractivity contribution in [3.8, 4) is 11.5 Å². The predicted molar refractivity (Wildman–Crippen MR) is 103 cm³/mol. The standard InChI is InChI=1S/C19H19Cl2NO4/c1-24-17-9-12(8-15(21)19(17)26-3)10-22-11-16(23)18(25-2)13-4-6-14(20)7-5-13/h4-10,18H,11H2,1-3H3. The Balaban J connectivity index is 2.10. The first-order valence-corrected chi connectivity index (χ1v) is 8.48. The molecule has 0 spiro atoms. The summed E-state index contributed by atoms with van der Waals surface area (Å²) in [6.45, 7) is -0.0346. The van der Waals surface area contributed by atoms with Gasteiger partial charge in [0.1, 0.15) is 12.6 Å². The maximum atomic E-state index is 12.4. The van der Waals surface area contributed by atoms with E-state index in [-0.39, 0.29) is 12.3 Å². The van der Waals surface area contributed by atoms with Crippen molar-refractivity contribution in [3.63, 3.8) is 0 Å². The maximum Gasteiger partial charge on any atom is 0.187 e. The predicted octanol–water partition coefficient (Wildman–Crippen LogP) is 4.39. The van der Waals surface area contributed by atoms with Crippen LogP contribution in [0.2, 0.25) is 10.0 Å². The zero-order valence-corrected chi connectivity index (χ0v) is 16.2. The monoisotopic (exact) mass is 395 g/mol. The molecule has 0 saturated carbocycles. The third kappa shape index (κ3) is 4.97. The molecule has 138 valence electrons. The molecular weight excluding hydrogens is 377 g/mol. The second kappa shape index (κ2) is 9.57. The number of Topliss-reactive ketones (excluding diaryl/α,β-unsaturated/α-hetero) is 1. The van der Waals surface area contributed by atoms with Gasteiger partial charge in [-0.3, -0.25) is 9.79 Å². The van der Waals surface area contributed by atoms with Gasteiger partial charge in [-0.05, 0) is 35.4 Å². The van der Waals surface area contributed by atoms with Gasteiger partial charge in [0.2, 0.25) is 0 Å². The van der Waals surface area contributed by atoms with Crippen LogP contribution in [0.4, 0.5) is 0 Å². The number of hydrogen-bond acceptors (Lipinski definition) is 5. The van der Waals surface area contributed by atoms with Gasteiger partial charge in [-0.25, -0.2) is 0 Å². The first-order valence-electron chi connectivity index (χ1n) is 7.72. The van der Waals surface area contributed by atoms with Crippen LogP contribution in [0.15, 0.2) is 41.4 Å². The first-order chi connectivity index (χ1) is 12.5. The second-order valence-corrected chi connectivity index (χ2v) is 6.19. The van der Waals surface area contributed by atoms with E-state index in [2.05, 4.69) is 4.99 Å². The van der Waals surface area contributed by atoms with E-state index < -0.39 is 6.10 Å². The highest BCUT2D eigenvalue weighted by molar-refractivity contribution is 6.32. The molecule has 5 nitrogen and oxygen atoms in total. The summed E-state index contributed by atoms with van der Waals surface area (Å²) in [5, 5.41) is 0.995. The second-order valence-electron chi connectivity index (χ2n) is 5.34. The van der Waals surface area contributed by atoms with E-state index in [9.17, 15) is 4.79 Å². The molecule has 0 aromatic heterocycles. The normalized spacial score (nSPS) is 12.2. The Kier molecular flexibility index (Phi) is 7.45. The fourth-order valence-electron chi connectivity index (χ4n) is 2.43. The number of ether oxygens (including phenoxy) is 3. The van der Waals surface area contributed by atoms with Gasteiger partial charge in [-0.2, -0.15) is 0 Å². The summed E-state index contributed by atoms with van der Waals surface area (Å²) >= 11 is 12.0. The van der Waals surface area contributed by atoms with E-state index in [0.717, 1.165) is 5.56 Å². The molecule has 0 amide bonds. The summed E-state index contributed by atoms with van der Waals surface area (Å²) in [7, 11) is 4.51. The smallest absolute Gasteiger partial charge is 0.187 e. The molecule has 26 heavy (non-hydrogen) atoms. The number of halogens is 2. The number of methoxy groups -OCH3 is 3. The number of nitrogens with zero attached hydrogens (tertiary/aromatic N) is 1. The summed E-state index contributed by atoms with van der Waals surface area (Å²) in [5.74, 6) is 0.769. The van der Waals surface area contributed by atoms with Gasteiger partial charge in [0.25, 0.3) is 0 Å². The molecule has 0 aliphatic heterocycles. The molecule has 0 N–H and O–H groups in total. The van der Waals surface area contributed by atoms with Crippen molar-refractivity contribution in [3.05, 3.63) is 57.6 Å². The van der Waals surface area contributed by atoms with Crippen molar-refractivity contribution in [2.45, 2.75) is 6.10 Å². The number of aliphatic imine (C=N–C) groups is 1. The molecule has 0 aliphatic carbocycles. The van der Waals surface area contributed by atoms with Crippen molar-refractivity contribution in [2.75, 3.05) is 27.9 Å². The van der Waals surface area contributed by atoms with E-state index in [4.69, 9.17) is 37.4 Å². The molecule has 0 heterocycles. The van der Waals surface area contributed by atoms with Gasteiger partial charge in [0, 0.05) is 18.3 Å². The lowest BCUT2D eigenvalue weighted by atomic mass is 10.1. The van der Waals surface area contributed by atoms with Gasteiger partial charge < -0.3 is 14.2 Å². The Morgan fingerprint density at radius 1 is 1.12 bits per heavy atom. The van der Waals surface area contributed by atoms with Crippen LogP contribution >= 0.6 is 23.2 Å². The van der Waals surface area contributed by atoms with Crippen LogP contribution in [0.5, 0.6) is 11.5 Å². The Labute approximate surface area is 162 Å². The highest BCUT2D eigenvalue weighted by Crippen LogP contribution is 2.35. The van der Waals surface area contributed by atoms with Crippen LogP contribution in [0.1, 0.15) is 17.2 Å². The van der Waals surface area contributed by atoms with Gasteiger partial charge >= 0.3 is 0 Å². The Morgan fingerprint density at radius 2 is 1.81 bits per heavy atom. The molecule has 2 rings (SSSR count). The van der Waals surface area contributed by atoms with E-state index in [0.29, 0.717) is 27.1 Å². The number of ketones is 1. The minimum atomic E-state index is -0.696. The molecule has 0 aliphatic rings. The average Bonchev–Trinajstić information content (AvgIpc) is 2.63. The number of carbonyl (C=O) groups excluding carboxylic acids is 1. The SMILES string of the molecule is COc1cc(C=NCC(=O)C(OC)c2ccc(Cl)cc2)cc(Cl)c1OC. The van der Waals surface area contributed by atoms with Crippen LogP contribution in [-0.4, -0.2) is 39.9 Å². The third-order valence-electron chi connectivity index (χ3n) is 3.64. The molecular formula is C19H19Cl2NO4. The molecule has 0 radical (unpaired) electrons. The Bertz CT molecular complexity index is 791. The highest BCUT2D eigenvalue weighted by Gasteiger charge is 2.19. The Morgan fingerprint density at radius 3 is 2.38 bits per heavy atom. The zero-order valence-electron chi connectivity index (χ0n) is 14.7. The van der Waals surface area contributed by atoms with Crippen molar-refractivity contribution in [2.24, 2.45) is 4.99 Å². The van der Waals surface area contributed by atoms with Gasteiger partial charge in [-0.1, -0.05) is 35.3 Å². The minimum absolute atomic E-state index is 0.0346. The van der Waals surface area contributed by atoms with Crippen LogP contribution in [0, 0.1) is 0 Å². The molecule has 1 unspecified atom stereocenters. The topological polar surface area (TPSA) is 57.1 Å². The lowest BCUT2D eigenvalue weighted by molar-refractivity contribution is -0.127. The van der Waals surface area contributed by atoms with Crippen molar-refractivity contribution in [1.82, 2.24) is 0 Å². The summed E-state index contributed by atoms with van der Waals surface area (Å²) in [4.78, 5) is 16.6. The van der Waals surface area contributed by atoms with Crippen LogP contribution in [-0.2, 0) is 9.53 Å². The fourth-order valence-corrected chi connectivity index (χ4v) is 2.85. The molecule has 0 bridgehead atoms. The maximum absolute atomic E-state index is 12.4. The van der Waals surface area contributed by atoms with Crippen molar-refractivity contribution < 1.29 is 19.0 Å². The number of benzene rings is 2. The minimum Gasteiger partial charge on any atom is -0.493 e. The lowest BCUT2D eigenvalue weighted by Crippen LogP contribution is -2.17. The summed E-state index contributed by atoms with van der Waals surface area (Å²) < 4.78 is 15.7. The van der Waals surface area contributed by atoms with Gasteiger partial charge in [-0.15, -0.1) is 0 Å². The van der Waals surface area contributed by atoms with E-state index in [1.165, 1.54) is 21.3 Å². The van der Waals surface area contributed by atoms with Crippen LogP contribution in [0.3, 0.4) is 0 Å². The quantitative estimate of drug-likeness (QED) is 0.622.